The monoisotopic (exact) mass is 381 g/mol. The molecule has 1 aromatic carbocycles. The number of hydrogen-bond donors (Lipinski definition) is 1. The Hall–Kier alpha value is -2.01. The molecule has 1 spiro atoms. The molecule has 0 aromatic heterocycles. The molecule has 0 amide bonds. The smallest absolute Gasteiger partial charge is 0.307 e. The lowest BCUT2D eigenvalue weighted by molar-refractivity contribution is -0.145. The van der Waals surface area contributed by atoms with Crippen molar-refractivity contribution in [2.24, 2.45) is 17.8 Å². The number of carboxylic acids is 1. The molecule has 1 saturated carbocycles. The van der Waals surface area contributed by atoms with Gasteiger partial charge >= 0.3 is 5.97 Å². The van der Waals surface area contributed by atoms with Gasteiger partial charge in [0.25, 0.3) is 0 Å². The molecular formula is C23H27NO4. The summed E-state index contributed by atoms with van der Waals surface area (Å²) < 4.78 is 12.4. The molecule has 1 saturated heterocycles. The van der Waals surface area contributed by atoms with Gasteiger partial charge < -0.3 is 19.5 Å². The molecule has 6 rings (SSSR count). The molecule has 28 heavy (non-hydrogen) atoms. The van der Waals surface area contributed by atoms with Crippen molar-refractivity contribution in [2.75, 3.05) is 20.7 Å². The second-order valence-electron chi connectivity index (χ2n) is 9.35. The molecule has 1 N–H and O–H groups in total. The number of rotatable bonds is 2. The van der Waals surface area contributed by atoms with Crippen LogP contribution in [-0.2, 0) is 16.6 Å². The Labute approximate surface area is 165 Å². The van der Waals surface area contributed by atoms with E-state index in [1.807, 2.05) is 6.07 Å². The third-order valence-corrected chi connectivity index (χ3v) is 8.50. The molecule has 5 nitrogen and oxygen atoms in total. The maximum atomic E-state index is 12.0. The number of fused-ring (bicyclic) bond motifs is 2. The number of likely N-dealkylation sites (tertiary alicyclic amines) is 1. The average Bonchev–Trinajstić information content (AvgIpc) is 3.04. The van der Waals surface area contributed by atoms with Crippen LogP contribution in [0.1, 0.15) is 36.8 Å². The van der Waals surface area contributed by atoms with Crippen molar-refractivity contribution in [3.63, 3.8) is 0 Å². The number of hydrogen-bond acceptors (Lipinski definition) is 4. The van der Waals surface area contributed by atoms with Crippen LogP contribution in [0.5, 0.6) is 11.5 Å². The summed E-state index contributed by atoms with van der Waals surface area (Å²) in [6.07, 6.45) is 6.93. The van der Waals surface area contributed by atoms with Crippen molar-refractivity contribution in [2.45, 2.75) is 49.7 Å². The quantitative estimate of drug-likeness (QED) is 0.798. The lowest BCUT2D eigenvalue weighted by atomic mass is 9.47. The lowest BCUT2D eigenvalue weighted by Crippen LogP contribution is -2.65. The van der Waals surface area contributed by atoms with E-state index in [4.69, 9.17) is 9.47 Å². The van der Waals surface area contributed by atoms with Crippen molar-refractivity contribution < 1.29 is 19.4 Å². The second-order valence-corrected chi connectivity index (χ2v) is 9.35. The van der Waals surface area contributed by atoms with Crippen LogP contribution in [0.4, 0.5) is 0 Å². The number of nitrogens with zero attached hydrogens (tertiary/aromatic N) is 1. The molecule has 2 aliphatic heterocycles. The predicted molar refractivity (Wildman–Crippen MR) is 104 cm³/mol. The van der Waals surface area contributed by atoms with Crippen molar-refractivity contribution in [3.05, 3.63) is 34.9 Å². The Morgan fingerprint density at radius 1 is 1.39 bits per heavy atom. The zero-order chi connectivity index (χ0) is 19.2. The number of carbonyl (C=O) groups is 1. The van der Waals surface area contributed by atoms with Crippen LogP contribution in [0.15, 0.2) is 23.8 Å². The van der Waals surface area contributed by atoms with E-state index in [0.29, 0.717) is 12.0 Å². The summed E-state index contributed by atoms with van der Waals surface area (Å²) in [5, 5.41) is 9.90. The third kappa shape index (κ3) is 1.84. The van der Waals surface area contributed by atoms with E-state index in [-0.39, 0.29) is 23.4 Å². The molecule has 1 aromatic rings. The van der Waals surface area contributed by atoms with E-state index < -0.39 is 5.97 Å². The number of likely N-dealkylation sites (N-methyl/N-ethyl adjacent to an activating group) is 1. The molecule has 6 atom stereocenters. The molecule has 3 aliphatic carbocycles. The van der Waals surface area contributed by atoms with Crippen LogP contribution >= 0.6 is 0 Å². The summed E-state index contributed by atoms with van der Waals surface area (Å²) in [5.41, 5.74) is 4.01. The Balaban J connectivity index is 1.59. The van der Waals surface area contributed by atoms with E-state index in [0.717, 1.165) is 50.1 Å². The highest BCUT2D eigenvalue weighted by Crippen LogP contribution is 2.66. The first-order valence-electron chi connectivity index (χ1n) is 10.6. The fraction of sp³-hybridized carbons (Fsp3) is 0.609. The Kier molecular flexibility index (Phi) is 3.34. The number of carboxylic acid groups (broad SMARTS) is 1. The van der Waals surface area contributed by atoms with Gasteiger partial charge in [-0.2, -0.15) is 0 Å². The molecule has 2 unspecified atom stereocenters. The normalized spacial score (nSPS) is 40.1. The molecule has 5 aliphatic rings. The zero-order valence-corrected chi connectivity index (χ0v) is 16.5. The predicted octanol–water partition coefficient (Wildman–Crippen LogP) is 3.01. The SMILES string of the molecule is COc1ccc2c3c1O[C@H]1C4=CCCC(C(=O)O)C4C[C@H]4[C@@H](C2)N(C)CC[C@]314. The van der Waals surface area contributed by atoms with Crippen LogP contribution in [0.2, 0.25) is 0 Å². The van der Waals surface area contributed by atoms with Gasteiger partial charge in [0.2, 0.25) is 0 Å². The van der Waals surface area contributed by atoms with E-state index in [9.17, 15) is 9.90 Å². The highest BCUT2D eigenvalue weighted by atomic mass is 16.5. The minimum atomic E-state index is -0.644. The molecule has 2 heterocycles. The van der Waals surface area contributed by atoms with Crippen LogP contribution in [0.25, 0.3) is 0 Å². The Bertz CT molecular complexity index is 908. The summed E-state index contributed by atoms with van der Waals surface area (Å²) in [4.78, 5) is 14.5. The Morgan fingerprint density at radius 2 is 2.25 bits per heavy atom. The fourth-order valence-corrected chi connectivity index (χ4v) is 7.36. The maximum Gasteiger partial charge on any atom is 0.307 e. The fourth-order valence-electron chi connectivity index (χ4n) is 7.36. The van der Waals surface area contributed by atoms with Gasteiger partial charge in [-0.1, -0.05) is 12.1 Å². The van der Waals surface area contributed by atoms with Gasteiger partial charge in [-0.15, -0.1) is 0 Å². The van der Waals surface area contributed by atoms with E-state index in [1.165, 1.54) is 16.7 Å². The van der Waals surface area contributed by atoms with Gasteiger partial charge in [0.1, 0.15) is 6.10 Å². The molecular weight excluding hydrogens is 354 g/mol. The van der Waals surface area contributed by atoms with Crippen LogP contribution in [0.3, 0.4) is 0 Å². The average molecular weight is 381 g/mol. The van der Waals surface area contributed by atoms with E-state index in [2.05, 4.69) is 24.1 Å². The Morgan fingerprint density at radius 3 is 3.04 bits per heavy atom. The van der Waals surface area contributed by atoms with Crippen molar-refractivity contribution in [1.29, 1.82) is 0 Å². The van der Waals surface area contributed by atoms with Crippen LogP contribution < -0.4 is 9.47 Å². The van der Waals surface area contributed by atoms with Gasteiger partial charge in [-0.25, -0.2) is 0 Å². The maximum absolute atomic E-state index is 12.0. The minimum Gasteiger partial charge on any atom is -0.493 e. The molecule has 0 radical (unpaired) electrons. The lowest BCUT2D eigenvalue weighted by Gasteiger charge is -2.60. The topological polar surface area (TPSA) is 59.0 Å². The summed E-state index contributed by atoms with van der Waals surface area (Å²) >= 11 is 0. The standard InChI is InChI=1S/C23H27NO4/c1-24-9-8-23-16-11-15-13(4-3-5-14(15)22(25)26)21(23)28-20-18(27-2)7-6-12(19(20)23)10-17(16)24/h4,6-7,14-17,21H,3,5,8-11H2,1-2H3,(H,25,26)/t14?,15?,16-,17+,21-,23-/m0/s1. The second kappa shape index (κ2) is 5.53. The molecule has 148 valence electrons. The van der Waals surface area contributed by atoms with Gasteiger partial charge in [0, 0.05) is 17.0 Å². The summed E-state index contributed by atoms with van der Waals surface area (Å²) in [7, 11) is 3.95. The van der Waals surface area contributed by atoms with E-state index >= 15 is 0 Å². The third-order valence-electron chi connectivity index (χ3n) is 8.50. The number of ether oxygens (including phenoxy) is 2. The van der Waals surface area contributed by atoms with Crippen molar-refractivity contribution in [1.82, 2.24) is 4.90 Å². The first-order valence-corrected chi connectivity index (χ1v) is 10.6. The highest BCUT2D eigenvalue weighted by Gasteiger charge is 2.66. The van der Waals surface area contributed by atoms with Crippen molar-refractivity contribution in [3.8, 4) is 11.5 Å². The highest BCUT2D eigenvalue weighted by molar-refractivity contribution is 5.72. The van der Waals surface area contributed by atoms with Crippen LogP contribution in [-0.4, -0.2) is 48.8 Å². The van der Waals surface area contributed by atoms with E-state index in [1.54, 1.807) is 7.11 Å². The molecule has 2 fully saturated rings. The zero-order valence-electron chi connectivity index (χ0n) is 16.5. The first-order chi connectivity index (χ1) is 13.6. The molecule has 5 heteroatoms. The first kappa shape index (κ1) is 16.9. The van der Waals surface area contributed by atoms with Gasteiger partial charge in [-0.3, -0.25) is 4.79 Å². The number of aliphatic carboxylic acids is 1. The van der Waals surface area contributed by atoms with Gasteiger partial charge in [0.05, 0.1) is 13.0 Å². The summed E-state index contributed by atoms with van der Waals surface area (Å²) in [6, 6.07) is 4.74. The summed E-state index contributed by atoms with van der Waals surface area (Å²) in [6.45, 7) is 1.07. The van der Waals surface area contributed by atoms with Crippen molar-refractivity contribution >= 4 is 5.97 Å². The number of benzene rings is 1. The van der Waals surface area contributed by atoms with Gasteiger partial charge in [0.15, 0.2) is 11.5 Å². The van der Waals surface area contributed by atoms with Gasteiger partial charge in [-0.05, 0) is 74.7 Å². The summed E-state index contributed by atoms with van der Waals surface area (Å²) in [5.74, 6) is 1.37. The minimum absolute atomic E-state index is 0.0165. The number of piperidine rings is 1. The van der Waals surface area contributed by atoms with Crippen LogP contribution in [0, 0.1) is 17.8 Å². The largest absolute Gasteiger partial charge is 0.493 e. The number of allylic oxidation sites excluding steroid dienone is 1. The molecule has 2 bridgehead atoms. The number of methoxy groups -OCH3 is 1.